The summed E-state index contributed by atoms with van der Waals surface area (Å²) in [6.07, 6.45) is 5.81. The van der Waals surface area contributed by atoms with Crippen LogP contribution in [0.2, 0.25) is 0 Å². The minimum absolute atomic E-state index is 0.122. The Balaban J connectivity index is 0.000000200. The third kappa shape index (κ3) is 7.78. The van der Waals surface area contributed by atoms with E-state index in [1.54, 1.807) is 0 Å². The Hall–Kier alpha value is -1.57. The van der Waals surface area contributed by atoms with Crippen molar-refractivity contribution in [1.29, 1.82) is 0 Å². The van der Waals surface area contributed by atoms with Gasteiger partial charge in [-0.2, -0.15) is 0 Å². The first-order valence-electron chi connectivity index (χ1n) is 7.09. The molecule has 1 saturated heterocycles. The lowest BCUT2D eigenvalue weighted by Crippen LogP contribution is -2.42. The van der Waals surface area contributed by atoms with Gasteiger partial charge in [-0.3, -0.25) is 0 Å². The summed E-state index contributed by atoms with van der Waals surface area (Å²) in [6.45, 7) is 1.84. The van der Waals surface area contributed by atoms with Crippen molar-refractivity contribution in [3.63, 3.8) is 0 Å². The predicted molar refractivity (Wildman–Crippen MR) is 72.0 cm³/mol. The molecule has 0 spiro atoms. The number of rotatable bonds is 3. The second-order valence-corrected chi connectivity index (χ2v) is 5.06. The zero-order valence-corrected chi connectivity index (χ0v) is 11.5. The molecule has 0 unspecified atom stereocenters. The Kier molecular flexibility index (Phi) is 7.71. The van der Waals surface area contributed by atoms with Crippen LogP contribution in [0.3, 0.4) is 0 Å². The molecule has 1 aliphatic carbocycles. The molecule has 3 N–H and O–H groups in total. The zero-order valence-electron chi connectivity index (χ0n) is 11.5. The molecule has 8 heteroatoms. The molecule has 0 aromatic carbocycles. The van der Waals surface area contributed by atoms with Crippen LogP contribution in [-0.4, -0.2) is 41.5 Å². The zero-order chi connectivity index (χ0) is 14.8. The summed E-state index contributed by atoms with van der Waals surface area (Å²) in [5.41, 5.74) is 0. The monoisotopic (exact) mass is 289 g/mol. The highest BCUT2D eigenvalue weighted by Crippen LogP contribution is 2.19. The number of nitrogens with one attached hydrogen (secondary N) is 2. The van der Waals surface area contributed by atoms with E-state index in [-0.39, 0.29) is 12.1 Å². The molecule has 1 saturated carbocycles. The van der Waals surface area contributed by atoms with Crippen molar-refractivity contribution in [3.05, 3.63) is 10.1 Å². The van der Waals surface area contributed by atoms with Gasteiger partial charge in [0, 0.05) is 6.04 Å². The Morgan fingerprint density at radius 3 is 2.30 bits per heavy atom. The number of carboxylic acid groups (broad SMARTS) is 1. The number of hydrogen-bond acceptors (Lipinski definition) is 5. The summed E-state index contributed by atoms with van der Waals surface area (Å²) in [4.78, 5) is 24.4. The minimum Gasteiger partial charge on any atom is -0.465 e. The number of nitrogens with zero attached hydrogens (tertiary/aromatic N) is 1. The third-order valence-electron chi connectivity index (χ3n) is 3.45. The van der Waals surface area contributed by atoms with Crippen LogP contribution in [-0.2, 0) is 4.84 Å². The van der Waals surface area contributed by atoms with Crippen LogP contribution in [0.1, 0.15) is 44.9 Å². The van der Waals surface area contributed by atoms with Gasteiger partial charge in [-0.05, 0) is 38.8 Å². The van der Waals surface area contributed by atoms with Crippen molar-refractivity contribution >= 4 is 6.09 Å². The van der Waals surface area contributed by atoms with Crippen molar-refractivity contribution in [2.75, 3.05) is 13.1 Å². The molecule has 1 aliphatic heterocycles. The first kappa shape index (κ1) is 16.5. The molecule has 0 aromatic rings. The van der Waals surface area contributed by atoms with Gasteiger partial charge in [-0.25, -0.2) is 4.79 Å². The third-order valence-corrected chi connectivity index (χ3v) is 3.45. The molecule has 116 valence electrons. The van der Waals surface area contributed by atoms with Gasteiger partial charge in [0.05, 0.1) is 0 Å². The molecule has 0 bridgehead atoms. The number of piperidine rings is 1. The molecule has 0 radical (unpaired) electrons. The maximum absolute atomic E-state index is 10.1. The van der Waals surface area contributed by atoms with Crippen LogP contribution in [0.5, 0.6) is 0 Å². The predicted octanol–water partition coefficient (Wildman–Crippen LogP) is 1.53. The van der Waals surface area contributed by atoms with E-state index < -0.39 is 11.2 Å². The van der Waals surface area contributed by atoms with Gasteiger partial charge in [0.15, 0.2) is 0 Å². The molecule has 1 heterocycles. The number of hydrogen-bond donors (Lipinski definition) is 3. The normalized spacial score (nSPS) is 20.4. The lowest BCUT2D eigenvalue weighted by Gasteiger charge is -2.21. The molecule has 2 aliphatic rings. The molecular weight excluding hydrogens is 266 g/mol. The van der Waals surface area contributed by atoms with E-state index in [0.29, 0.717) is 0 Å². The first-order chi connectivity index (χ1) is 9.58. The molecular formula is C12H23N3O5. The lowest BCUT2D eigenvalue weighted by molar-refractivity contribution is -0.769. The highest BCUT2D eigenvalue weighted by molar-refractivity contribution is 5.64. The molecule has 0 aromatic heterocycles. The van der Waals surface area contributed by atoms with Crippen LogP contribution in [0.25, 0.3) is 0 Å². The van der Waals surface area contributed by atoms with Crippen molar-refractivity contribution in [1.82, 2.24) is 10.6 Å². The Bertz CT molecular complexity index is 271. The van der Waals surface area contributed by atoms with E-state index in [0.717, 1.165) is 51.6 Å². The van der Waals surface area contributed by atoms with Crippen molar-refractivity contribution < 1.29 is 19.8 Å². The first-order valence-corrected chi connectivity index (χ1v) is 7.09. The van der Waals surface area contributed by atoms with E-state index in [2.05, 4.69) is 15.5 Å². The lowest BCUT2D eigenvalue weighted by atomic mass is 9.98. The fourth-order valence-electron chi connectivity index (χ4n) is 2.43. The van der Waals surface area contributed by atoms with Crippen LogP contribution in [0.15, 0.2) is 0 Å². The fraction of sp³-hybridized carbons (Fsp3) is 0.917. The molecule has 0 atom stereocenters. The van der Waals surface area contributed by atoms with Gasteiger partial charge < -0.3 is 20.6 Å². The van der Waals surface area contributed by atoms with Gasteiger partial charge >= 0.3 is 6.09 Å². The summed E-state index contributed by atoms with van der Waals surface area (Å²) in [7, 11) is 0. The summed E-state index contributed by atoms with van der Waals surface area (Å²) in [5, 5.41) is 23.1. The second kappa shape index (κ2) is 9.35. The maximum atomic E-state index is 10.1. The van der Waals surface area contributed by atoms with Crippen molar-refractivity contribution in [2.45, 2.75) is 57.1 Å². The highest BCUT2D eigenvalue weighted by atomic mass is 17.0. The van der Waals surface area contributed by atoms with E-state index >= 15 is 0 Å². The Morgan fingerprint density at radius 1 is 1.20 bits per heavy atom. The summed E-state index contributed by atoms with van der Waals surface area (Å²) < 4.78 is 0. The van der Waals surface area contributed by atoms with Crippen LogP contribution in [0, 0.1) is 10.1 Å². The molecule has 2 rings (SSSR count). The summed E-state index contributed by atoms with van der Waals surface area (Å²) in [6, 6.07) is 0.166. The minimum atomic E-state index is -0.910. The summed E-state index contributed by atoms with van der Waals surface area (Å²) >= 11 is 0. The highest BCUT2D eigenvalue weighted by Gasteiger charge is 2.16. The van der Waals surface area contributed by atoms with Gasteiger partial charge in [0.2, 0.25) is 0 Å². The Labute approximate surface area is 118 Å². The van der Waals surface area contributed by atoms with Crippen molar-refractivity contribution in [2.24, 2.45) is 0 Å². The van der Waals surface area contributed by atoms with Crippen molar-refractivity contribution in [3.8, 4) is 0 Å². The molecule has 8 nitrogen and oxygen atoms in total. The van der Waals surface area contributed by atoms with E-state index in [1.165, 1.54) is 6.42 Å². The van der Waals surface area contributed by atoms with E-state index in [4.69, 9.17) is 5.11 Å². The van der Waals surface area contributed by atoms with Gasteiger partial charge in [-0.15, -0.1) is 10.1 Å². The largest absolute Gasteiger partial charge is 0.465 e. The molecule has 2 fully saturated rings. The molecule has 1 amide bonds. The average molecular weight is 289 g/mol. The van der Waals surface area contributed by atoms with Gasteiger partial charge in [0.1, 0.15) is 6.10 Å². The van der Waals surface area contributed by atoms with E-state index in [9.17, 15) is 14.9 Å². The quantitative estimate of drug-likeness (QED) is 0.536. The van der Waals surface area contributed by atoms with Crippen LogP contribution < -0.4 is 10.6 Å². The SMILES string of the molecule is O=C(O)NC1CCNCC1.O=[N+]([O-])OC1CCCCC1. The number of amides is 1. The summed E-state index contributed by atoms with van der Waals surface area (Å²) in [5.74, 6) is 0. The van der Waals surface area contributed by atoms with Crippen LogP contribution in [0.4, 0.5) is 4.79 Å². The topological polar surface area (TPSA) is 114 Å². The van der Waals surface area contributed by atoms with Gasteiger partial charge in [-0.1, -0.05) is 19.3 Å². The number of carbonyl (C=O) groups is 1. The fourth-order valence-corrected chi connectivity index (χ4v) is 2.43. The molecule has 20 heavy (non-hydrogen) atoms. The Morgan fingerprint density at radius 2 is 1.80 bits per heavy atom. The smallest absolute Gasteiger partial charge is 0.404 e. The van der Waals surface area contributed by atoms with Crippen LogP contribution >= 0.6 is 0 Å². The average Bonchev–Trinajstić information content (AvgIpc) is 2.40. The maximum Gasteiger partial charge on any atom is 0.404 e. The van der Waals surface area contributed by atoms with E-state index in [1.807, 2.05) is 0 Å². The second-order valence-electron chi connectivity index (χ2n) is 5.06. The standard InChI is InChI=1S/C6H12N2O2.C6H11NO3/c9-6(10)8-5-1-3-7-4-2-5;8-7(9)10-6-4-2-1-3-5-6/h5,7-8H,1-4H2,(H,9,10);6H,1-5H2. The van der Waals surface area contributed by atoms with Gasteiger partial charge in [0.25, 0.3) is 5.09 Å².